The molecule has 1 aromatic rings. The summed E-state index contributed by atoms with van der Waals surface area (Å²) in [7, 11) is -3.62. The molecule has 1 aromatic heterocycles. The number of ether oxygens (including phenoxy) is 1. The average Bonchev–Trinajstić information content (AvgIpc) is 2.93. The predicted octanol–water partition coefficient (Wildman–Crippen LogP) is 1.04. The highest BCUT2D eigenvalue weighted by molar-refractivity contribution is 7.56. The number of rotatable bonds is 2. The van der Waals surface area contributed by atoms with E-state index in [2.05, 4.69) is 4.98 Å². The number of hydrogen-bond acceptors (Lipinski definition) is 7. The van der Waals surface area contributed by atoms with E-state index in [4.69, 9.17) is 13.8 Å². The van der Waals surface area contributed by atoms with Gasteiger partial charge in [-0.05, 0) is 20.8 Å². The number of hydrogen-bond donors (Lipinski definition) is 1. The Kier molecular flexibility index (Phi) is 4.04. The zero-order chi connectivity index (χ0) is 17.7. The van der Waals surface area contributed by atoms with Crippen LogP contribution >= 0.6 is 7.60 Å². The molecule has 9 nitrogen and oxygen atoms in total. The summed E-state index contributed by atoms with van der Waals surface area (Å²) in [4.78, 5) is 25.7. The van der Waals surface area contributed by atoms with Gasteiger partial charge in [-0.25, -0.2) is 4.79 Å². The van der Waals surface area contributed by atoms with E-state index in [1.165, 1.54) is 24.6 Å². The molecule has 3 rings (SSSR count). The van der Waals surface area contributed by atoms with Crippen LogP contribution in [0.4, 0.5) is 0 Å². The fourth-order valence-electron chi connectivity index (χ4n) is 2.67. The van der Waals surface area contributed by atoms with E-state index in [9.17, 15) is 19.4 Å². The normalized spacial score (nSPS) is 33.0. The zero-order valence-corrected chi connectivity index (χ0v) is 14.4. The van der Waals surface area contributed by atoms with Gasteiger partial charge in [0.05, 0.1) is 12.7 Å². The molecule has 2 saturated heterocycles. The van der Waals surface area contributed by atoms with Crippen LogP contribution in [0.3, 0.4) is 0 Å². The molecule has 24 heavy (non-hydrogen) atoms. The molecule has 0 saturated carbocycles. The number of aromatic nitrogens is 2. The van der Waals surface area contributed by atoms with Gasteiger partial charge in [0.15, 0.2) is 5.16 Å². The molecular weight excluding hydrogens is 337 g/mol. The number of H-pyrrole nitrogens is 1. The van der Waals surface area contributed by atoms with Crippen LogP contribution < -0.4 is 11.2 Å². The molecule has 0 amide bonds. The smallest absolute Gasteiger partial charge is 0.349 e. The van der Waals surface area contributed by atoms with Crippen molar-refractivity contribution in [2.24, 2.45) is 0 Å². The minimum atomic E-state index is -3.62. The van der Waals surface area contributed by atoms with Gasteiger partial charge >= 0.3 is 13.3 Å². The monoisotopic (exact) mass is 355 g/mol. The predicted molar refractivity (Wildman–Crippen MR) is 82.7 cm³/mol. The Hall–Kier alpha value is -1.72. The maximum absolute atomic E-state index is 12.8. The second kappa shape index (κ2) is 5.67. The number of aromatic amines is 1. The van der Waals surface area contributed by atoms with Gasteiger partial charge in [-0.15, -0.1) is 0 Å². The first-order chi connectivity index (χ1) is 11.2. The Labute approximate surface area is 137 Å². The van der Waals surface area contributed by atoms with Crippen molar-refractivity contribution in [2.45, 2.75) is 50.8 Å². The summed E-state index contributed by atoms with van der Waals surface area (Å²) < 4.78 is 30.8. The molecule has 4 atom stereocenters. The third kappa shape index (κ3) is 2.66. The molecule has 2 fully saturated rings. The van der Waals surface area contributed by atoms with Crippen molar-refractivity contribution >= 4 is 7.60 Å². The summed E-state index contributed by atoms with van der Waals surface area (Å²) in [5.74, 6) is 0. The van der Waals surface area contributed by atoms with Gasteiger partial charge in [-0.2, -0.15) is 5.26 Å². The summed E-state index contributed by atoms with van der Waals surface area (Å²) in [6.07, 6.45) is -0.0243. The fourth-order valence-corrected chi connectivity index (χ4v) is 4.36. The minimum Gasteiger partial charge on any atom is -0.349 e. The van der Waals surface area contributed by atoms with E-state index in [0.29, 0.717) is 5.56 Å². The lowest BCUT2D eigenvalue weighted by molar-refractivity contribution is -0.0604. The van der Waals surface area contributed by atoms with Gasteiger partial charge < -0.3 is 13.8 Å². The zero-order valence-electron chi connectivity index (χ0n) is 13.5. The van der Waals surface area contributed by atoms with Gasteiger partial charge in [0.1, 0.15) is 18.4 Å². The molecule has 1 N–H and O–H groups in total. The van der Waals surface area contributed by atoms with Crippen LogP contribution in [0, 0.1) is 18.3 Å². The summed E-state index contributed by atoms with van der Waals surface area (Å²) in [6.45, 7) is 4.59. The number of nitrogens with one attached hydrogen (secondary N) is 1. The van der Waals surface area contributed by atoms with Crippen LogP contribution in [0.5, 0.6) is 0 Å². The average molecular weight is 355 g/mol. The van der Waals surface area contributed by atoms with Crippen molar-refractivity contribution in [3.63, 3.8) is 0 Å². The van der Waals surface area contributed by atoms with Crippen LogP contribution in [0.15, 0.2) is 15.8 Å². The van der Waals surface area contributed by atoms with Crippen molar-refractivity contribution in [1.29, 1.82) is 5.26 Å². The van der Waals surface area contributed by atoms with Crippen LogP contribution in [0.25, 0.3) is 0 Å². The largest absolute Gasteiger partial charge is 0.350 e. The van der Waals surface area contributed by atoms with Crippen molar-refractivity contribution in [2.75, 3.05) is 6.61 Å². The highest BCUT2D eigenvalue weighted by atomic mass is 31.2. The van der Waals surface area contributed by atoms with Gasteiger partial charge in [0.2, 0.25) is 0 Å². The highest BCUT2D eigenvalue weighted by Gasteiger charge is 2.53. The first-order valence-electron chi connectivity index (χ1n) is 7.49. The number of aryl methyl sites for hydroxylation is 1. The van der Waals surface area contributed by atoms with Gasteiger partial charge in [-0.1, -0.05) is 0 Å². The van der Waals surface area contributed by atoms with E-state index in [0.717, 1.165) is 0 Å². The van der Waals surface area contributed by atoms with E-state index < -0.39 is 42.4 Å². The topological polar surface area (TPSA) is 123 Å². The molecule has 0 bridgehead atoms. The third-order valence-electron chi connectivity index (χ3n) is 4.28. The second-order valence-electron chi connectivity index (χ2n) is 6.45. The summed E-state index contributed by atoms with van der Waals surface area (Å²) in [5.41, 5.74) is -0.663. The Morgan fingerprint density at radius 1 is 1.42 bits per heavy atom. The van der Waals surface area contributed by atoms with Gasteiger partial charge in [0.25, 0.3) is 5.56 Å². The first-order valence-corrected chi connectivity index (χ1v) is 9.03. The van der Waals surface area contributed by atoms with E-state index in [1.54, 1.807) is 6.92 Å². The molecule has 3 heterocycles. The Morgan fingerprint density at radius 2 is 2.12 bits per heavy atom. The van der Waals surface area contributed by atoms with Crippen molar-refractivity contribution < 1.29 is 18.3 Å². The molecule has 130 valence electrons. The lowest BCUT2D eigenvalue weighted by Crippen LogP contribution is -2.37. The van der Waals surface area contributed by atoms with Gasteiger partial charge in [-0.3, -0.25) is 18.9 Å². The second-order valence-corrected chi connectivity index (χ2v) is 9.03. The van der Waals surface area contributed by atoms with E-state index >= 15 is 0 Å². The van der Waals surface area contributed by atoms with Crippen molar-refractivity contribution in [3.05, 3.63) is 32.6 Å². The molecule has 0 aliphatic carbocycles. The van der Waals surface area contributed by atoms with Gasteiger partial charge in [0, 0.05) is 18.2 Å². The Morgan fingerprint density at radius 3 is 2.79 bits per heavy atom. The standard InChI is InChI=1S/C14H18N3O6P/c1-8-5-17(13(19)16-12(8)18)11-4-9-10(22-11)6-21-24(20,23-9)14(2,3)7-15/h5,9-11H,4,6H2,1-3H3,(H,16,18,19)/t9-,10+,11+,24-/m1/s1. The maximum atomic E-state index is 12.8. The van der Waals surface area contributed by atoms with E-state index in [-0.39, 0.29) is 13.0 Å². The maximum Gasteiger partial charge on any atom is 0.350 e. The third-order valence-corrected chi connectivity index (χ3v) is 6.78. The van der Waals surface area contributed by atoms with Crippen LogP contribution in [0.1, 0.15) is 32.1 Å². The Bertz CT molecular complexity index is 866. The summed E-state index contributed by atoms with van der Waals surface area (Å²) in [5, 5.41) is 7.91. The fraction of sp³-hybridized carbons (Fsp3) is 0.643. The van der Waals surface area contributed by atoms with Crippen LogP contribution in [-0.2, 0) is 18.3 Å². The van der Waals surface area contributed by atoms with Crippen LogP contribution in [0.2, 0.25) is 0 Å². The summed E-state index contributed by atoms with van der Waals surface area (Å²) >= 11 is 0. The highest BCUT2D eigenvalue weighted by Crippen LogP contribution is 2.64. The molecule has 0 unspecified atom stereocenters. The number of nitrogens with zero attached hydrogens (tertiary/aromatic N) is 2. The lowest BCUT2D eigenvalue weighted by atomic mass is 10.2. The van der Waals surface area contributed by atoms with Crippen molar-refractivity contribution in [1.82, 2.24) is 9.55 Å². The SMILES string of the molecule is Cc1cn([C@@H]2C[C@H]3O[P@@](=O)(C(C)(C)C#N)OC[C@@H]3O2)c(=O)[nH]c1=O. The number of fused-ring (bicyclic) bond motifs is 1. The van der Waals surface area contributed by atoms with Crippen molar-refractivity contribution in [3.8, 4) is 6.07 Å². The molecule has 0 aromatic carbocycles. The summed E-state index contributed by atoms with van der Waals surface area (Å²) in [6, 6.07) is 1.95. The molecule has 2 aliphatic rings. The van der Waals surface area contributed by atoms with E-state index in [1.807, 2.05) is 6.07 Å². The lowest BCUT2D eigenvalue weighted by Gasteiger charge is -2.35. The quantitative estimate of drug-likeness (QED) is 0.786. The minimum absolute atomic E-state index is 0.0145. The first kappa shape index (κ1) is 17.1. The number of nitriles is 1. The van der Waals surface area contributed by atoms with Crippen LogP contribution in [-0.4, -0.2) is 33.5 Å². The molecule has 0 spiro atoms. The molecule has 0 radical (unpaired) electrons. The molecule has 10 heteroatoms. The molecular formula is C14H18N3O6P. The Balaban J connectivity index is 1.85. The molecule has 2 aliphatic heterocycles.